The zero-order chi connectivity index (χ0) is 20.7. The van der Waals surface area contributed by atoms with E-state index in [1.807, 2.05) is 12.1 Å². The third-order valence-electron chi connectivity index (χ3n) is 3.84. The highest BCUT2D eigenvalue weighted by molar-refractivity contribution is 9.10. The van der Waals surface area contributed by atoms with Gasteiger partial charge in [0.05, 0.1) is 4.90 Å². The maximum absolute atomic E-state index is 12.5. The first-order chi connectivity index (χ1) is 13.9. The summed E-state index contributed by atoms with van der Waals surface area (Å²) >= 11 is 3.30. The van der Waals surface area contributed by atoms with Crippen LogP contribution in [-0.4, -0.2) is 25.9 Å². The number of sulfonamides is 1. The highest BCUT2D eigenvalue weighted by Crippen LogP contribution is 2.20. The van der Waals surface area contributed by atoms with Crippen molar-refractivity contribution in [2.24, 2.45) is 0 Å². The number of rotatable bonds is 8. The van der Waals surface area contributed by atoms with Crippen LogP contribution >= 0.6 is 15.9 Å². The number of anilines is 1. The van der Waals surface area contributed by atoms with Crippen molar-refractivity contribution in [2.75, 3.05) is 11.3 Å². The van der Waals surface area contributed by atoms with Gasteiger partial charge in [-0.2, -0.15) is 0 Å². The molecule has 0 bridgehead atoms. The molecule has 0 fully saturated rings. The summed E-state index contributed by atoms with van der Waals surface area (Å²) in [6.07, 6.45) is 3.30. The van der Waals surface area contributed by atoms with Crippen LogP contribution in [0.4, 0.5) is 5.69 Å². The summed E-state index contributed by atoms with van der Waals surface area (Å²) in [5.74, 6) is 0.113. The fourth-order valence-corrected chi connectivity index (χ4v) is 3.67. The molecule has 2 N–H and O–H groups in total. The quantitative estimate of drug-likeness (QED) is 0.520. The van der Waals surface area contributed by atoms with E-state index < -0.39 is 10.0 Å². The van der Waals surface area contributed by atoms with Gasteiger partial charge >= 0.3 is 0 Å². The largest absolute Gasteiger partial charge is 0.484 e. The molecular formula is C20H18BrN3O4S. The van der Waals surface area contributed by atoms with Crippen molar-refractivity contribution >= 4 is 37.5 Å². The minimum absolute atomic E-state index is 0.0925. The van der Waals surface area contributed by atoms with Crippen LogP contribution in [0, 0.1) is 0 Å². The molecule has 0 radical (unpaired) electrons. The number of aromatic nitrogens is 1. The second kappa shape index (κ2) is 9.53. The highest BCUT2D eigenvalue weighted by atomic mass is 79.9. The van der Waals surface area contributed by atoms with E-state index in [0.717, 1.165) is 10.0 Å². The van der Waals surface area contributed by atoms with Gasteiger partial charge in [-0.3, -0.25) is 14.5 Å². The molecule has 0 aliphatic rings. The predicted molar refractivity (Wildman–Crippen MR) is 113 cm³/mol. The molecule has 7 nitrogen and oxygen atoms in total. The molecule has 2 aromatic carbocycles. The molecule has 0 saturated heterocycles. The molecule has 0 aliphatic carbocycles. The number of halogens is 1. The van der Waals surface area contributed by atoms with Gasteiger partial charge in [-0.05, 0) is 66.2 Å². The van der Waals surface area contributed by atoms with Crippen LogP contribution in [0.3, 0.4) is 0 Å². The fourth-order valence-electron chi connectivity index (χ4n) is 2.35. The predicted octanol–water partition coefficient (Wildman–Crippen LogP) is 3.34. The first-order valence-corrected chi connectivity index (χ1v) is 10.9. The second-order valence-corrected chi connectivity index (χ2v) is 8.60. The molecule has 3 aromatic rings. The molecule has 3 rings (SSSR count). The van der Waals surface area contributed by atoms with Gasteiger partial charge in [0.25, 0.3) is 15.9 Å². The van der Waals surface area contributed by atoms with E-state index in [-0.39, 0.29) is 17.4 Å². The lowest BCUT2D eigenvalue weighted by atomic mass is 10.3. The Hall–Kier alpha value is -2.91. The van der Waals surface area contributed by atoms with Gasteiger partial charge in [0.2, 0.25) is 0 Å². The standard InChI is InChI=1S/C20H18BrN3O4S/c21-16-1-3-17(4-2-16)24-29(26,27)19-7-5-18(6-8-19)28-14-20(25)23-13-15-9-11-22-12-10-15/h1-12,24H,13-14H2,(H,23,25). The van der Waals surface area contributed by atoms with Crippen molar-refractivity contribution in [1.29, 1.82) is 0 Å². The summed E-state index contributed by atoms with van der Waals surface area (Å²) in [6.45, 7) is 0.206. The van der Waals surface area contributed by atoms with Crippen LogP contribution in [0.1, 0.15) is 5.56 Å². The van der Waals surface area contributed by atoms with Gasteiger partial charge in [-0.15, -0.1) is 0 Å². The lowest BCUT2D eigenvalue weighted by molar-refractivity contribution is -0.123. The maximum atomic E-state index is 12.5. The summed E-state index contributed by atoms with van der Waals surface area (Å²) in [7, 11) is -3.72. The van der Waals surface area contributed by atoms with Gasteiger partial charge in [0.15, 0.2) is 6.61 Å². The average molecular weight is 476 g/mol. The summed E-state index contributed by atoms with van der Waals surface area (Å²) in [6, 6.07) is 16.3. The first-order valence-electron chi connectivity index (χ1n) is 8.59. The average Bonchev–Trinajstić information content (AvgIpc) is 2.73. The zero-order valence-electron chi connectivity index (χ0n) is 15.2. The van der Waals surface area contributed by atoms with E-state index in [2.05, 4.69) is 31.0 Å². The number of hydrogen-bond acceptors (Lipinski definition) is 5. The van der Waals surface area contributed by atoms with Gasteiger partial charge in [-0.25, -0.2) is 8.42 Å². The van der Waals surface area contributed by atoms with Crippen molar-refractivity contribution in [1.82, 2.24) is 10.3 Å². The SMILES string of the molecule is O=C(COc1ccc(S(=O)(=O)Nc2ccc(Br)cc2)cc1)NCc1ccncc1. The van der Waals surface area contributed by atoms with Crippen molar-refractivity contribution in [2.45, 2.75) is 11.4 Å². The summed E-state index contributed by atoms with van der Waals surface area (Å²) < 4.78 is 33.7. The molecule has 0 saturated carbocycles. The summed E-state index contributed by atoms with van der Waals surface area (Å²) in [5.41, 5.74) is 1.39. The van der Waals surface area contributed by atoms with Crippen molar-refractivity contribution in [3.63, 3.8) is 0 Å². The topological polar surface area (TPSA) is 97.4 Å². The second-order valence-electron chi connectivity index (χ2n) is 6.00. The molecule has 0 spiro atoms. The summed E-state index contributed by atoms with van der Waals surface area (Å²) in [5, 5.41) is 2.74. The molecule has 1 aromatic heterocycles. The Labute approximate surface area is 177 Å². The third kappa shape index (κ3) is 6.30. The number of hydrogen-bond donors (Lipinski definition) is 2. The maximum Gasteiger partial charge on any atom is 0.261 e. The molecule has 0 aliphatic heterocycles. The number of ether oxygens (including phenoxy) is 1. The van der Waals surface area contributed by atoms with Crippen molar-refractivity contribution in [3.05, 3.63) is 83.1 Å². The Morgan fingerprint density at radius 3 is 2.28 bits per heavy atom. The minimum atomic E-state index is -3.72. The Balaban J connectivity index is 1.52. The van der Waals surface area contributed by atoms with Crippen LogP contribution in [0.15, 0.2) is 82.4 Å². The monoisotopic (exact) mass is 475 g/mol. The van der Waals surface area contributed by atoms with Crippen LogP contribution < -0.4 is 14.8 Å². The van der Waals surface area contributed by atoms with Crippen LogP contribution in [0.25, 0.3) is 0 Å². The molecule has 9 heteroatoms. The van der Waals surface area contributed by atoms with Crippen LogP contribution in [0.2, 0.25) is 0 Å². The molecule has 0 atom stereocenters. The van der Waals surface area contributed by atoms with E-state index >= 15 is 0 Å². The highest BCUT2D eigenvalue weighted by Gasteiger charge is 2.14. The minimum Gasteiger partial charge on any atom is -0.484 e. The van der Waals surface area contributed by atoms with E-state index in [0.29, 0.717) is 18.0 Å². The van der Waals surface area contributed by atoms with E-state index in [4.69, 9.17) is 4.74 Å². The zero-order valence-corrected chi connectivity index (χ0v) is 17.6. The van der Waals surface area contributed by atoms with E-state index in [1.54, 1.807) is 36.7 Å². The van der Waals surface area contributed by atoms with Gasteiger partial charge in [-0.1, -0.05) is 15.9 Å². The lowest BCUT2D eigenvalue weighted by Gasteiger charge is -2.10. The van der Waals surface area contributed by atoms with Gasteiger partial charge < -0.3 is 10.1 Å². The molecule has 1 amide bonds. The van der Waals surface area contributed by atoms with Crippen molar-refractivity contribution < 1.29 is 17.9 Å². The number of amides is 1. The number of carbonyl (C=O) groups is 1. The van der Waals surface area contributed by atoms with E-state index in [1.165, 1.54) is 24.3 Å². The lowest BCUT2D eigenvalue weighted by Crippen LogP contribution is -2.28. The Bertz CT molecular complexity index is 1060. The molecule has 0 unspecified atom stereocenters. The molecular weight excluding hydrogens is 458 g/mol. The Kier molecular flexibility index (Phi) is 6.84. The number of carbonyl (C=O) groups excluding carboxylic acids is 1. The number of nitrogens with one attached hydrogen (secondary N) is 2. The van der Waals surface area contributed by atoms with Crippen molar-refractivity contribution in [3.8, 4) is 5.75 Å². The number of pyridine rings is 1. The molecule has 1 heterocycles. The number of nitrogens with zero attached hydrogens (tertiary/aromatic N) is 1. The van der Waals surface area contributed by atoms with Crippen LogP contribution in [0.5, 0.6) is 5.75 Å². The Morgan fingerprint density at radius 2 is 1.62 bits per heavy atom. The van der Waals surface area contributed by atoms with Crippen LogP contribution in [-0.2, 0) is 21.4 Å². The van der Waals surface area contributed by atoms with Gasteiger partial charge in [0.1, 0.15) is 5.75 Å². The third-order valence-corrected chi connectivity index (χ3v) is 5.77. The smallest absolute Gasteiger partial charge is 0.261 e. The summed E-state index contributed by atoms with van der Waals surface area (Å²) in [4.78, 5) is 15.9. The van der Waals surface area contributed by atoms with Gasteiger partial charge in [0, 0.05) is 29.1 Å². The first kappa shape index (κ1) is 20.8. The molecule has 29 heavy (non-hydrogen) atoms. The number of benzene rings is 2. The fraction of sp³-hybridized carbons (Fsp3) is 0.100. The normalized spacial score (nSPS) is 10.9. The van der Waals surface area contributed by atoms with E-state index in [9.17, 15) is 13.2 Å². The Morgan fingerprint density at radius 1 is 0.966 bits per heavy atom. The molecule has 150 valence electrons.